The van der Waals surface area contributed by atoms with Gasteiger partial charge in [-0.05, 0) is 36.4 Å². The number of anilines is 1. The van der Waals surface area contributed by atoms with Crippen molar-refractivity contribution in [2.45, 2.75) is 0 Å². The molecule has 0 unspecified atom stereocenters. The van der Waals surface area contributed by atoms with Gasteiger partial charge >= 0.3 is 0 Å². The van der Waals surface area contributed by atoms with E-state index in [1.54, 1.807) is 19.2 Å². The molecule has 0 saturated carbocycles. The van der Waals surface area contributed by atoms with Crippen LogP contribution in [0.5, 0.6) is 0 Å². The van der Waals surface area contributed by atoms with Gasteiger partial charge in [0.25, 0.3) is 0 Å². The van der Waals surface area contributed by atoms with E-state index in [4.69, 9.17) is 11.6 Å². The minimum atomic E-state index is -0.728. The highest BCUT2D eigenvalue weighted by Crippen LogP contribution is 2.21. The van der Waals surface area contributed by atoms with E-state index < -0.39 is 11.6 Å². The Bertz CT molecular complexity index is 655. The van der Waals surface area contributed by atoms with Gasteiger partial charge in [0.1, 0.15) is 0 Å². The largest absolute Gasteiger partial charge is 0.318 e. The number of hydrogen-bond donors (Lipinski definition) is 0. The first-order valence-electron chi connectivity index (χ1n) is 5.81. The van der Waals surface area contributed by atoms with Crippen LogP contribution in [0.2, 0.25) is 5.02 Å². The number of hydrogen-bond acceptors (Lipinski definition) is 2. The second-order valence-corrected chi connectivity index (χ2v) is 4.60. The molecular formula is C15H11ClFNO2. The minimum absolute atomic E-state index is 0.0750. The number of nitrogens with zero attached hydrogens (tertiary/aromatic N) is 1. The molecule has 0 saturated heterocycles. The van der Waals surface area contributed by atoms with E-state index in [9.17, 15) is 14.0 Å². The molecule has 102 valence electrons. The summed E-state index contributed by atoms with van der Waals surface area (Å²) in [5.74, 6) is -1.18. The van der Waals surface area contributed by atoms with E-state index in [1.807, 2.05) is 0 Å². The Labute approximate surface area is 120 Å². The second-order valence-electron chi connectivity index (χ2n) is 4.19. The van der Waals surface area contributed by atoms with E-state index >= 15 is 0 Å². The van der Waals surface area contributed by atoms with Crippen LogP contribution in [0.4, 0.5) is 10.1 Å². The minimum Gasteiger partial charge on any atom is -0.318 e. The second kappa shape index (κ2) is 5.84. The molecule has 0 N–H and O–H groups in total. The number of carbonyl (C=O) groups is 2. The zero-order valence-corrected chi connectivity index (χ0v) is 11.4. The summed E-state index contributed by atoms with van der Waals surface area (Å²) >= 11 is 5.66. The van der Waals surface area contributed by atoms with Crippen molar-refractivity contribution < 1.29 is 14.0 Å². The van der Waals surface area contributed by atoms with Gasteiger partial charge in [-0.1, -0.05) is 17.7 Å². The summed E-state index contributed by atoms with van der Waals surface area (Å²) in [6.07, 6.45) is 0.660. The summed E-state index contributed by atoms with van der Waals surface area (Å²) in [4.78, 5) is 24.2. The maximum atomic E-state index is 13.8. The molecule has 0 spiro atoms. The molecule has 0 aromatic heterocycles. The summed E-state index contributed by atoms with van der Waals surface area (Å²) in [6, 6.07) is 10.6. The molecule has 0 aliphatic carbocycles. The van der Waals surface area contributed by atoms with Gasteiger partial charge < -0.3 is 4.90 Å². The summed E-state index contributed by atoms with van der Waals surface area (Å²) in [6.45, 7) is 0. The van der Waals surface area contributed by atoms with Crippen LogP contribution in [0.15, 0.2) is 42.5 Å². The van der Waals surface area contributed by atoms with Gasteiger partial charge in [-0.2, -0.15) is 0 Å². The summed E-state index contributed by atoms with van der Waals surface area (Å²) in [7, 11) is 1.60. The summed E-state index contributed by atoms with van der Waals surface area (Å²) in [5, 5.41) is -0.0897. The predicted octanol–water partition coefficient (Wildman–Crippen LogP) is 3.30. The maximum absolute atomic E-state index is 13.8. The highest BCUT2D eigenvalue weighted by Gasteiger charge is 2.16. The zero-order chi connectivity index (χ0) is 14.7. The molecule has 0 radical (unpaired) electrons. The van der Waals surface area contributed by atoms with Crippen molar-refractivity contribution in [3.8, 4) is 0 Å². The zero-order valence-electron chi connectivity index (χ0n) is 10.6. The molecule has 0 aliphatic heterocycles. The van der Waals surface area contributed by atoms with E-state index in [-0.39, 0.29) is 10.6 Å². The van der Waals surface area contributed by atoms with Crippen LogP contribution in [0.1, 0.15) is 15.9 Å². The fourth-order valence-corrected chi connectivity index (χ4v) is 1.92. The highest BCUT2D eigenvalue weighted by molar-refractivity contribution is 6.31. The van der Waals surface area contributed by atoms with Gasteiger partial charge in [0.05, 0.1) is 10.6 Å². The molecule has 2 aromatic carbocycles. The van der Waals surface area contributed by atoms with Crippen molar-refractivity contribution >= 4 is 29.5 Å². The molecule has 3 nitrogen and oxygen atoms in total. The molecule has 0 atom stereocenters. The van der Waals surface area contributed by atoms with Gasteiger partial charge in [0.2, 0.25) is 6.41 Å². The Morgan fingerprint density at radius 2 is 1.85 bits per heavy atom. The fraction of sp³-hybridized carbons (Fsp3) is 0.0667. The number of ketones is 1. The summed E-state index contributed by atoms with van der Waals surface area (Å²) in [5.41, 5.74) is 0.895. The Kier molecular flexibility index (Phi) is 4.15. The lowest BCUT2D eigenvalue weighted by molar-refractivity contribution is -0.107. The predicted molar refractivity (Wildman–Crippen MR) is 75.8 cm³/mol. The van der Waals surface area contributed by atoms with Gasteiger partial charge in [-0.15, -0.1) is 0 Å². The molecule has 0 bridgehead atoms. The van der Waals surface area contributed by atoms with Crippen molar-refractivity contribution in [2.24, 2.45) is 0 Å². The molecule has 0 aliphatic rings. The molecule has 0 heterocycles. The Hall–Kier alpha value is -2.20. The van der Waals surface area contributed by atoms with Crippen LogP contribution in [0.3, 0.4) is 0 Å². The first kappa shape index (κ1) is 14.2. The number of benzene rings is 2. The number of carbonyl (C=O) groups excluding carboxylic acids is 2. The Morgan fingerprint density at radius 3 is 2.45 bits per heavy atom. The quantitative estimate of drug-likeness (QED) is 0.640. The van der Waals surface area contributed by atoms with Gasteiger partial charge in [0, 0.05) is 18.3 Å². The first-order chi connectivity index (χ1) is 9.54. The van der Waals surface area contributed by atoms with E-state index in [2.05, 4.69) is 0 Å². The van der Waals surface area contributed by atoms with E-state index in [1.165, 1.54) is 35.2 Å². The number of halogens is 2. The third kappa shape index (κ3) is 2.70. The van der Waals surface area contributed by atoms with Crippen LogP contribution in [0.25, 0.3) is 0 Å². The van der Waals surface area contributed by atoms with Crippen LogP contribution >= 0.6 is 11.6 Å². The normalized spacial score (nSPS) is 10.2. The number of amides is 1. The third-order valence-electron chi connectivity index (χ3n) is 2.89. The highest BCUT2D eigenvalue weighted by atomic mass is 35.5. The SMILES string of the molecule is CN(C=O)c1ccc(C(=O)c2cccc(Cl)c2F)cc1. The lowest BCUT2D eigenvalue weighted by Crippen LogP contribution is -2.13. The first-order valence-corrected chi connectivity index (χ1v) is 6.19. The molecular weight excluding hydrogens is 281 g/mol. The van der Waals surface area contributed by atoms with Crippen LogP contribution in [-0.4, -0.2) is 19.2 Å². The van der Waals surface area contributed by atoms with Crippen LogP contribution in [0, 0.1) is 5.82 Å². The van der Waals surface area contributed by atoms with Crippen molar-refractivity contribution in [2.75, 3.05) is 11.9 Å². The maximum Gasteiger partial charge on any atom is 0.213 e. The average Bonchev–Trinajstić information content (AvgIpc) is 2.48. The van der Waals surface area contributed by atoms with Crippen molar-refractivity contribution in [3.05, 3.63) is 64.4 Å². The van der Waals surface area contributed by atoms with E-state index in [0.29, 0.717) is 17.7 Å². The lowest BCUT2D eigenvalue weighted by Gasteiger charge is -2.11. The van der Waals surface area contributed by atoms with Crippen molar-refractivity contribution in [3.63, 3.8) is 0 Å². The monoisotopic (exact) mass is 291 g/mol. The van der Waals surface area contributed by atoms with Crippen LogP contribution in [-0.2, 0) is 4.79 Å². The Balaban J connectivity index is 2.34. The van der Waals surface area contributed by atoms with E-state index in [0.717, 1.165) is 0 Å². The standard InChI is InChI=1S/C15H11ClFNO2/c1-18(9-19)11-7-5-10(6-8-11)15(20)12-3-2-4-13(16)14(12)17/h2-9H,1H3. The van der Waals surface area contributed by atoms with Gasteiger partial charge in [0.15, 0.2) is 11.6 Å². The smallest absolute Gasteiger partial charge is 0.213 e. The van der Waals surface area contributed by atoms with Crippen LogP contribution < -0.4 is 4.90 Å². The molecule has 1 amide bonds. The number of rotatable bonds is 4. The topological polar surface area (TPSA) is 37.4 Å². The lowest BCUT2D eigenvalue weighted by atomic mass is 10.0. The van der Waals surface area contributed by atoms with Gasteiger partial charge in [-0.25, -0.2) is 4.39 Å². The molecule has 2 rings (SSSR count). The molecule has 20 heavy (non-hydrogen) atoms. The average molecular weight is 292 g/mol. The third-order valence-corrected chi connectivity index (χ3v) is 3.18. The van der Waals surface area contributed by atoms with Crippen molar-refractivity contribution in [1.82, 2.24) is 0 Å². The Morgan fingerprint density at radius 1 is 1.20 bits per heavy atom. The van der Waals surface area contributed by atoms with Gasteiger partial charge in [-0.3, -0.25) is 9.59 Å². The molecule has 0 fully saturated rings. The molecule has 5 heteroatoms. The molecule has 2 aromatic rings. The summed E-state index contributed by atoms with van der Waals surface area (Å²) < 4.78 is 13.8. The van der Waals surface area contributed by atoms with Crippen molar-refractivity contribution in [1.29, 1.82) is 0 Å². The fourth-order valence-electron chi connectivity index (χ4n) is 1.74.